The predicted molar refractivity (Wildman–Crippen MR) is 75.5 cm³/mol. The fourth-order valence-electron chi connectivity index (χ4n) is 2.21. The van der Waals surface area contributed by atoms with Gasteiger partial charge in [0.25, 0.3) is 5.91 Å². The predicted octanol–water partition coefficient (Wildman–Crippen LogP) is 1.88. The molecule has 1 aliphatic heterocycles. The van der Waals surface area contributed by atoms with Crippen LogP contribution >= 0.6 is 15.9 Å². The standard InChI is InChI=1S/C13H13BrN4O/c14-10-2-1-9(7-11(10)15)13(19)18-6-5-17-4-3-16-12(17)8-18/h1-4,7H,5-6,8,15H2. The molecule has 0 fully saturated rings. The van der Waals surface area contributed by atoms with Gasteiger partial charge >= 0.3 is 0 Å². The highest BCUT2D eigenvalue weighted by Crippen LogP contribution is 2.22. The maximum absolute atomic E-state index is 12.4. The Morgan fingerprint density at radius 2 is 2.21 bits per heavy atom. The van der Waals surface area contributed by atoms with E-state index in [2.05, 4.69) is 25.5 Å². The van der Waals surface area contributed by atoms with Crippen LogP contribution in [0.25, 0.3) is 0 Å². The molecule has 0 bridgehead atoms. The summed E-state index contributed by atoms with van der Waals surface area (Å²) in [6.45, 7) is 2.02. The molecule has 98 valence electrons. The molecule has 1 amide bonds. The second-order valence-electron chi connectivity index (χ2n) is 4.50. The van der Waals surface area contributed by atoms with Crippen LogP contribution in [0.4, 0.5) is 5.69 Å². The lowest BCUT2D eigenvalue weighted by Crippen LogP contribution is -2.38. The Kier molecular flexibility index (Phi) is 3.02. The van der Waals surface area contributed by atoms with Gasteiger partial charge in [-0.1, -0.05) is 0 Å². The number of anilines is 1. The van der Waals surface area contributed by atoms with Gasteiger partial charge in [-0.05, 0) is 34.1 Å². The number of hydrogen-bond acceptors (Lipinski definition) is 3. The van der Waals surface area contributed by atoms with E-state index in [-0.39, 0.29) is 5.91 Å². The monoisotopic (exact) mass is 320 g/mol. The van der Waals surface area contributed by atoms with Crippen molar-refractivity contribution in [3.05, 3.63) is 46.5 Å². The van der Waals surface area contributed by atoms with Crippen molar-refractivity contribution < 1.29 is 4.79 Å². The fraction of sp³-hybridized carbons (Fsp3) is 0.231. The quantitative estimate of drug-likeness (QED) is 0.816. The molecule has 1 aliphatic rings. The minimum absolute atomic E-state index is 0.00606. The molecule has 2 aromatic rings. The summed E-state index contributed by atoms with van der Waals surface area (Å²) in [7, 11) is 0. The van der Waals surface area contributed by atoms with Crippen LogP contribution in [0.2, 0.25) is 0 Å². The molecular weight excluding hydrogens is 308 g/mol. The first-order valence-electron chi connectivity index (χ1n) is 5.99. The van der Waals surface area contributed by atoms with Crippen molar-refractivity contribution in [2.75, 3.05) is 12.3 Å². The van der Waals surface area contributed by atoms with E-state index in [1.807, 2.05) is 6.20 Å². The van der Waals surface area contributed by atoms with Crippen molar-refractivity contribution in [3.63, 3.8) is 0 Å². The smallest absolute Gasteiger partial charge is 0.254 e. The molecule has 2 heterocycles. The largest absolute Gasteiger partial charge is 0.398 e. The first-order valence-corrected chi connectivity index (χ1v) is 6.79. The average Bonchev–Trinajstić information content (AvgIpc) is 2.88. The third kappa shape index (κ3) is 2.23. The van der Waals surface area contributed by atoms with Crippen LogP contribution < -0.4 is 5.73 Å². The lowest BCUT2D eigenvalue weighted by Gasteiger charge is -2.27. The molecule has 0 spiro atoms. The molecule has 0 radical (unpaired) electrons. The molecule has 0 aliphatic carbocycles. The third-order valence-corrected chi connectivity index (χ3v) is 4.00. The summed E-state index contributed by atoms with van der Waals surface area (Å²) in [5.74, 6) is 0.915. The molecule has 2 N–H and O–H groups in total. The summed E-state index contributed by atoms with van der Waals surface area (Å²) in [5, 5.41) is 0. The normalized spacial score (nSPS) is 14.3. The maximum Gasteiger partial charge on any atom is 0.254 e. The number of benzene rings is 1. The van der Waals surface area contributed by atoms with E-state index >= 15 is 0 Å². The number of imidazole rings is 1. The Bertz CT molecular complexity index is 637. The minimum atomic E-state index is -0.00606. The Labute approximate surface area is 119 Å². The third-order valence-electron chi connectivity index (χ3n) is 3.27. The van der Waals surface area contributed by atoms with Gasteiger partial charge in [-0.25, -0.2) is 4.98 Å². The number of fused-ring (bicyclic) bond motifs is 1. The molecule has 0 saturated carbocycles. The molecule has 1 aromatic heterocycles. The van der Waals surface area contributed by atoms with E-state index in [9.17, 15) is 4.79 Å². The highest BCUT2D eigenvalue weighted by Gasteiger charge is 2.22. The number of nitrogens with zero attached hydrogens (tertiary/aromatic N) is 3. The topological polar surface area (TPSA) is 64.2 Å². The van der Waals surface area contributed by atoms with Crippen LogP contribution in [0.1, 0.15) is 16.2 Å². The molecule has 1 aromatic carbocycles. The number of nitrogens with two attached hydrogens (primary N) is 1. The number of amides is 1. The van der Waals surface area contributed by atoms with Gasteiger partial charge in [0.2, 0.25) is 0 Å². The highest BCUT2D eigenvalue weighted by molar-refractivity contribution is 9.10. The Balaban J connectivity index is 1.83. The van der Waals surface area contributed by atoms with E-state index in [4.69, 9.17) is 5.73 Å². The molecule has 19 heavy (non-hydrogen) atoms. The van der Waals surface area contributed by atoms with Gasteiger partial charge in [0.1, 0.15) is 5.82 Å². The second-order valence-corrected chi connectivity index (χ2v) is 5.35. The van der Waals surface area contributed by atoms with Gasteiger partial charge < -0.3 is 15.2 Å². The summed E-state index contributed by atoms with van der Waals surface area (Å²) < 4.78 is 2.87. The zero-order chi connectivity index (χ0) is 13.4. The van der Waals surface area contributed by atoms with Gasteiger partial charge in [-0.3, -0.25) is 4.79 Å². The minimum Gasteiger partial charge on any atom is -0.398 e. The number of rotatable bonds is 1. The number of carbonyl (C=O) groups excluding carboxylic acids is 1. The van der Waals surface area contributed by atoms with Crippen molar-refractivity contribution >= 4 is 27.5 Å². The van der Waals surface area contributed by atoms with Crippen LogP contribution in [-0.2, 0) is 13.1 Å². The Hall–Kier alpha value is -1.82. The van der Waals surface area contributed by atoms with Crippen LogP contribution in [-0.4, -0.2) is 26.9 Å². The van der Waals surface area contributed by atoms with E-state index in [0.717, 1.165) is 16.8 Å². The number of hydrogen-bond donors (Lipinski definition) is 1. The molecule has 0 atom stereocenters. The Morgan fingerprint density at radius 1 is 1.37 bits per heavy atom. The number of aromatic nitrogens is 2. The maximum atomic E-state index is 12.4. The molecule has 0 saturated heterocycles. The lowest BCUT2D eigenvalue weighted by molar-refractivity contribution is 0.0707. The molecule has 6 heteroatoms. The van der Waals surface area contributed by atoms with Crippen LogP contribution in [0.5, 0.6) is 0 Å². The van der Waals surface area contributed by atoms with E-state index < -0.39 is 0 Å². The second kappa shape index (κ2) is 4.70. The van der Waals surface area contributed by atoms with Gasteiger partial charge in [0, 0.05) is 41.2 Å². The van der Waals surface area contributed by atoms with E-state index in [1.54, 1.807) is 29.3 Å². The van der Waals surface area contributed by atoms with E-state index in [0.29, 0.717) is 24.3 Å². The van der Waals surface area contributed by atoms with Crippen LogP contribution in [0.15, 0.2) is 35.1 Å². The van der Waals surface area contributed by atoms with Crippen molar-refractivity contribution in [1.82, 2.24) is 14.5 Å². The first kappa shape index (κ1) is 12.2. The van der Waals surface area contributed by atoms with Gasteiger partial charge in [0.15, 0.2) is 0 Å². The average molecular weight is 321 g/mol. The summed E-state index contributed by atoms with van der Waals surface area (Å²) in [6, 6.07) is 5.28. The SMILES string of the molecule is Nc1cc(C(=O)N2CCn3ccnc3C2)ccc1Br. The summed E-state index contributed by atoms with van der Waals surface area (Å²) in [5.41, 5.74) is 7.00. The summed E-state index contributed by atoms with van der Waals surface area (Å²) >= 11 is 3.33. The number of nitrogen functional groups attached to an aromatic ring is 1. The lowest BCUT2D eigenvalue weighted by atomic mass is 10.1. The first-order chi connectivity index (χ1) is 9.15. The summed E-state index contributed by atoms with van der Waals surface area (Å²) in [6.07, 6.45) is 3.70. The number of halogens is 1. The number of carbonyl (C=O) groups is 1. The van der Waals surface area contributed by atoms with Gasteiger partial charge in [0.05, 0.1) is 6.54 Å². The van der Waals surface area contributed by atoms with Crippen molar-refractivity contribution in [1.29, 1.82) is 0 Å². The molecule has 3 rings (SSSR count). The van der Waals surface area contributed by atoms with Gasteiger partial charge in [-0.15, -0.1) is 0 Å². The molecular formula is C13H13BrN4O. The van der Waals surface area contributed by atoms with Gasteiger partial charge in [-0.2, -0.15) is 0 Å². The zero-order valence-electron chi connectivity index (χ0n) is 10.2. The van der Waals surface area contributed by atoms with Crippen molar-refractivity contribution in [2.45, 2.75) is 13.1 Å². The zero-order valence-corrected chi connectivity index (χ0v) is 11.8. The fourth-order valence-corrected chi connectivity index (χ4v) is 2.45. The molecule has 5 nitrogen and oxygen atoms in total. The van der Waals surface area contributed by atoms with E-state index in [1.165, 1.54) is 0 Å². The summed E-state index contributed by atoms with van der Waals surface area (Å²) in [4.78, 5) is 18.5. The van der Waals surface area contributed by atoms with Crippen LogP contribution in [0, 0.1) is 0 Å². The van der Waals surface area contributed by atoms with Crippen LogP contribution in [0.3, 0.4) is 0 Å². The van der Waals surface area contributed by atoms with Crippen molar-refractivity contribution in [2.24, 2.45) is 0 Å². The highest BCUT2D eigenvalue weighted by atomic mass is 79.9. The Morgan fingerprint density at radius 3 is 3.00 bits per heavy atom. The van der Waals surface area contributed by atoms with Crippen molar-refractivity contribution in [3.8, 4) is 0 Å². The molecule has 0 unspecified atom stereocenters.